The molecule has 1 saturated heterocycles. The second-order valence-electron chi connectivity index (χ2n) is 5.30. The zero-order chi connectivity index (χ0) is 14.7. The number of nitrogen functional groups attached to an aromatic ring is 1. The highest BCUT2D eigenvalue weighted by atomic mass is 16.5. The van der Waals surface area contributed by atoms with Gasteiger partial charge in [0.15, 0.2) is 0 Å². The van der Waals surface area contributed by atoms with Gasteiger partial charge in [0.05, 0.1) is 30.2 Å². The lowest BCUT2D eigenvalue weighted by Gasteiger charge is -2.35. The molecule has 0 aliphatic carbocycles. The van der Waals surface area contributed by atoms with Gasteiger partial charge in [-0.05, 0) is 37.8 Å². The van der Waals surface area contributed by atoms with Gasteiger partial charge in [-0.1, -0.05) is 6.07 Å². The standard InChI is InChI=1S/C15H22N2O3/c1-10(18)11-6-8-17(9-7-11)13-5-3-4-12(14(13)16)15(19)20-2/h3-5,10-11,18H,6-9,16H2,1-2H3. The Morgan fingerprint density at radius 1 is 1.45 bits per heavy atom. The largest absolute Gasteiger partial charge is 0.465 e. The molecule has 0 amide bonds. The second-order valence-corrected chi connectivity index (χ2v) is 5.30. The number of ether oxygens (including phenoxy) is 1. The molecule has 0 radical (unpaired) electrons. The molecule has 1 aliphatic heterocycles. The average molecular weight is 278 g/mol. The molecule has 1 fully saturated rings. The van der Waals surface area contributed by atoms with Crippen molar-refractivity contribution >= 4 is 17.3 Å². The minimum Gasteiger partial charge on any atom is -0.465 e. The quantitative estimate of drug-likeness (QED) is 0.649. The first-order valence-corrected chi connectivity index (χ1v) is 6.94. The number of hydrogen-bond donors (Lipinski definition) is 2. The number of nitrogens with two attached hydrogens (primary N) is 1. The lowest BCUT2D eigenvalue weighted by atomic mass is 9.92. The Morgan fingerprint density at radius 2 is 2.10 bits per heavy atom. The Balaban J connectivity index is 2.16. The van der Waals surface area contributed by atoms with Crippen LogP contribution in [0.4, 0.5) is 11.4 Å². The summed E-state index contributed by atoms with van der Waals surface area (Å²) in [4.78, 5) is 13.8. The molecule has 0 bridgehead atoms. The van der Waals surface area contributed by atoms with Gasteiger partial charge in [-0.2, -0.15) is 0 Å². The molecular weight excluding hydrogens is 256 g/mol. The van der Waals surface area contributed by atoms with Crippen molar-refractivity contribution in [1.82, 2.24) is 0 Å². The van der Waals surface area contributed by atoms with Crippen molar-refractivity contribution in [1.29, 1.82) is 0 Å². The number of esters is 1. The van der Waals surface area contributed by atoms with Crippen molar-refractivity contribution in [2.24, 2.45) is 5.92 Å². The number of benzene rings is 1. The molecule has 1 aromatic rings. The van der Waals surface area contributed by atoms with Crippen LogP contribution >= 0.6 is 0 Å². The lowest BCUT2D eigenvalue weighted by Crippen LogP contribution is -2.37. The Kier molecular flexibility index (Phi) is 4.49. The first-order valence-electron chi connectivity index (χ1n) is 6.94. The van der Waals surface area contributed by atoms with E-state index in [9.17, 15) is 9.90 Å². The molecule has 3 N–H and O–H groups in total. The fourth-order valence-electron chi connectivity index (χ4n) is 2.74. The predicted octanol–water partition coefficient (Wildman–Crippen LogP) is 1.65. The number of aliphatic hydroxyl groups excluding tert-OH is 1. The average Bonchev–Trinajstić information content (AvgIpc) is 2.47. The van der Waals surface area contributed by atoms with E-state index in [0.29, 0.717) is 17.2 Å². The smallest absolute Gasteiger partial charge is 0.340 e. The third-order valence-electron chi connectivity index (χ3n) is 4.05. The summed E-state index contributed by atoms with van der Waals surface area (Å²) >= 11 is 0. The van der Waals surface area contributed by atoms with Crippen molar-refractivity contribution in [3.63, 3.8) is 0 Å². The fourth-order valence-corrected chi connectivity index (χ4v) is 2.74. The summed E-state index contributed by atoms with van der Waals surface area (Å²) in [5.41, 5.74) is 7.84. The number of carbonyl (C=O) groups is 1. The molecule has 5 nitrogen and oxygen atoms in total. The van der Waals surface area contributed by atoms with Gasteiger partial charge in [0.25, 0.3) is 0 Å². The number of hydrogen-bond acceptors (Lipinski definition) is 5. The Labute approximate surface area is 119 Å². The van der Waals surface area contributed by atoms with E-state index in [1.54, 1.807) is 6.07 Å². The molecule has 20 heavy (non-hydrogen) atoms. The highest BCUT2D eigenvalue weighted by molar-refractivity contribution is 5.98. The van der Waals surface area contributed by atoms with Gasteiger partial charge in [0.2, 0.25) is 0 Å². The van der Waals surface area contributed by atoms with Crippen molar-refractivity contribution < 1.29 is 14.6 Å². The minimum absolute atomic E-state index is 0.268. The van der Waals surface area contributed by atoms with Gasteiger partial charge < -0.3 is 20.5 Å². The van der Waals surface area contributed by atoms with E-state index in [-0.39, 0.29) is 6.10 Å². The number of piperidine rings is 1. The predicted molar refractivity (Wildman–Crippen MR) is 78.8 cm³/mol. The van der Waals surface area contributed by atoms with Gasteiger partial charge in [0, 0.05) is 13.1 Å². The van der Waals surface area contributed by atoms with Crippen LogP contribution in [0.1, 0.15) is 30.1 Å². The summed E-state index contributed by atoms with van der Waals surface area (Å²) in [6.07, 6.45) is 1.59. The number of carbonyl (C=O) groups excluding carboxylic acids is 1. The maximum atomic E-state index is 11.7. The van der Waals surface area contributed by atoms with Crippen molar-refractivity contribution in [2.75, 3.05) is 30.8 Å². The number of nitrogens with zero attached hydrogens (tertiary/aromatic N) is 1. The molecule has 5 heteroatoms. The normalized spacial score (nSPS) is 17.9. The van der Waals surface area contributed by atoms with E-state index >= 15 is 0 Å². The third-order valence-corrected chi connectivity index (χ3v) is 4.05. The number of anilines is 2. The Hall–Kier alpha value is -1.75. The molecular formula is C15H22N2O3. The van der Waals surface area contributed by atoms with Gasteiger partial charge in [-0.15, -0.1) is 0 Å². The minimum atomic E-state index is -0.414. The lowest BCUT2D eigenvalue weighted by molar-refractivity contribution is 0.0602. The van der Waals surface area contributed by atoms with Gasteiger partial charge >= 0.3 is 5.97 Å². The molecule has 110 valence electrons. The van der Waals surface area contributed by atoms with Gasteiger partial charge in [-0.25, -0.2) is 4.79 Å². The first kappa shape index (κ1) is 14.7. The Morgan fingerprint density at radius 3 is 2.65 bits per heavy atom. The van der Waals surface area contributed by atoms with E-state index in [2.05, 4.69) is 4.90 Å². The van der Waals surface area contributed by atoms with E-state index in [0.717, 1.165) is 31.6 Å². The van der Waals surface area contributed by atoms with Crippen molar-refractivity contribution in [2.45, 2.75) is 25.9 Å². The van der Waals surface area contributed by atoms with E-state index in [4.69, 9.17) is 10.5 Å². The van der Waals surface area contributed by atoms with Crippen LogP contribution in [0.25, 0.3) is 0 Å². The summed E-state index contributed by atoms with van der Waals surface area (Å²) in [5.74, 6) is -0.0699. The van der Waals surface area contributed by atoms with Crippen LogP contribution in [0.3, 0.4) is 0 Å². The molecule has 1 aromatic carbocycles. The molecule has 1 heterocycles. The molecule has 0 spiro atoms. The topological polar surface area (TPSA) is 75.8 Å². The third kappa shape index (κ3) is 2.88. The monoisotopic (exact) mass is 278 g/mol. The summed E-state index contributed by atoms with van der Waals surface area (Å²) in [6, 6.07) is 5.41. The summed E-state index contributed by atoms with van der Waals surface area (Å²) in [7, 11) is 1.35. The second kappa shape index (κ2) is 6.13. The number of aliphatic hydroxyl groups is 1. The van der Waals surface area contributed by atoms with E-state index < -0.39 is 5.97 Å². The first-order chi connectivity index (χ1) is 9.54. The van der Waals surface area contributed by atoms with Crippen molar-refractivity contribution in [3.8, 4) is 0 Å². The number of rotatable bonds is 3. The van der Waals surface area contributed by atoms with Crippen LogP contribution in [0.5, 0.6) is 0 Å². The van der Waals surface area contributed by atoms with Crippen LogP contribution in [0.2, 0.25) is 0 Å². The molecule has 1 unspecified atom stereocenters. The zero-order valence-electron chi connectivity index (χ0n) is 12.0. The van der Waals surface area contributed by atoms with E-state index in [1.165, 1.54) is 7.11 Å². The molecule has 2 rings (SSSR count). The summed E-state index contributed by atoms with van der Waals surface area (Å²) < 4.78 is 4.74. The molecule has 1 aliphatic rings. The van der Waals surface area contributed by atoms with Crippen LogP contribution in [-0.2, 0) is 4.74 Å². The van der Waals surface area contributed by atoms with E-state index in [1.807, 2.05) is 19.1 Å². The summed E-state index contributed by atoms with van der Waals surface area (Å²) in [5, 5.41) is 9.63. The molecule has 0 aromatic heterocycles. The molecule has 1 atom stereocenters. The highest BCUT2D eigenvalue weighted by Gasteiger charge is 2.24. The number of para-hydroxylation sites is 1. The van der Waals surface area contributed by atoms with Crippen molar-refractivity contribution in [3.05, 3.63) is 23.8 Å². The highest BCUT2D eigenvalue weighted by Crippen LogP contribution is 2.31. The maximum absolute atomic E-state index is 11.7. The van der Waals surface area contributed by atoms with Gasteiger partial charge in [0.1, 0.15) is 0 Å². The van der Waals surface area contributed by atoms with Gasteiger partial charge in [-0.3, -0.25) is 0 Å². The maximum Gasteiger partial charge on any atom is 0.340 e. The fraction of sp³-hybridized carbons (Fsp3) is 0.533. The zero-order valence-corrected chi connectivity index (χ0v) is 12.0. The summed E-state index contributed by atoms with van der Waals surface area (Å²) in [6.45, 7) is 3.52. The van der Waals surface area contributed by atoms with Crippen LogP contribution < -0.4 is 10.6 Å². The van der Waals surface area contributed by atoms with Crippen LogP contribution in [0.15, 0.2) is 18.2 Å². The SMILES string of the molecule is COC(=O)c1cccc(N2CCC(C(C)O)CC2)c1N. The molecule has 0 saturated carbocycles. The Bertz CT molecular complexity index is 480. The van der Waals surface area contributed by atoms with Crippen LogP contribution in [0, 0.1) is 5.92 Å². The van der Waals surface area contributed by atoms with Crippen LogP contribution in [-0.4, -0.2) is 37.4 Å². The number of methoxy groups -OCH3 is 1.